The molecule has 97 heavy (non-hydrogen) atoms. The molecule has 0 saturated carbocycles. The van der Waals surface area contributed by atoms with Crippen LogP contribution in [0, 0.1) is 29.6 Å². The quantitative estimate of drug-likeness (QED) is 0.0258. The third-order valence-corrected chi connectivity index (χ3v) is 17.3. The Bertz CT molecular complexity index is 2820. The highest BCUT2D eigenvalue weighted by molar-refractivity contribution is 6.02. The van der Waals surface area contributed by atoms with Crippen LogP contribution in [0.25, 0.3) is 0 Å². The molecule has 0 aromatic heterocycles. The number of unbranched alkanes of at least 4 members (excludes halogenated alkanes) is 2. The molecule has 0 spiro atoms. The number of ketones is 3. The Labute approximate surface area is 569 Å². The Morgan fingerprint density at radius 3 is 1.44 bits per heavy atom. The number of hydrogen-bond acceptors (Lipinski definition) is 16. The van der Waals surface area contributed by atoms with Crippen LogP contribution in [0.4, 0.5) is 18.0 Å². The number of carbonyl (C=O) groups excluding carboxylic acids is 10. The van der Waals surface area contributed by atoms with E-state index in [1.807, 2.05) is 27.7 Å². The van der Waals surface area contributed by atoms with Crippen molar-refractivity contribution in [2.75, 3.05) is 85.6 Å². The second kappa shape index (κ2) is 42.8. The zero-order valence-electron chi connectivity index (χ0n) is 58.1. The fourth-order valence-electron chi connectivity index (χ4n) is 11.5. The molecule has 0 aliphatic carbocycles. The molecule has 27 heteroatoms. The smallest absolute Gasteiger partial charge is 0.391 e. The highest BCUT2D eigenvalue weighted by Gasteiger charge is 2.47. The Morgan fingerprint density at radius 1 is 0.485 bits per heavy atom. The molecule has 2 fully saturated rings. The van der Waals surface area contributed by atoms with Crippen molar-refractivity contribution in [3.8, 4) is 0 Å². The van der Waals surface area contributed by atoms with E-state index < -0.39 is 84.1 Å². The van der Waals surface area contributed by atoms with Gasteiger partial charge in [0.25, 0.3) is 11.8 Å². The van der Waals surface area contributed by atoms with Crippen molar-refractivity contribution in [1.29, 1.82) is 0 Å². The van der Waals surface area contributed by atoms with E-state index in [4.69, 9.17) is 18.9 Å². The zero-order chi connectivity index (χ0) is 71.8. The van der Waals surface area contributed by atoms with Crippen LogP contribution in [0.3, 0.4) is 0 Å². The van der Waals surface area contributed by atoms with E-state index in [9.17, 15) is 71.3 Å². The van der Waals surface area contributed by atoms with Gasteiger partial charge in [-0.3, -0.25) is 43.2 Å². The molecule has 2 aliphatic rings. The molecule has 2 heterocycles. The Morgan fingerprint density at radius 2 is 0.938 bits per heavy atom. The van der Waals surface area contributed by atoms with E-state index in [0.29, 0.717) is 114 Å². The van der Waals surface area contributed by atoms with Crippen LogP contribution in [0.1, 0.15) is 187 Å². The zero-order valence-corrected chi connectivity index (χ0v) is 58.1. The molecule has 8 atom stereocenters. The molecule has 544 valence electrons. The molecular weight excluding hydrogens is 1270 g/mol. The summed E-state index contributed by atoms with van der Waals surface area (Å²) >= 11 is 0. The Kier molecular flexibility index (Phi) is 36.4. The van der Waals surface area contributed by atoms with Crippen LogP contribution in [-0.2, 0) is 42.9 Å². The number of rotatable bonds is 45. The maximum atomic E-state index is 13.8. The summed E-state index contributed by atoms with van der Waals surface area (Å²) in [7, 11) is 0. The van der Waals surface area contributed by atoms with Gasteiger partial charge in [0.1, 0.15) is 23.9 Å². The first kappa shape index (κ1) is 82.5. The number of halogens is 3. The molecule has 24 nitrogen and oxygen atoms in total. The van der Waals surface area contributed by atoms with Gasteiger partial charge in [-0.15, -0.1) is 0 Å². The number of likely N-dealkylation sites (tertiary alicyclic amines) is 2. The van der Waals surface area contributed by atoms with Crippen LogP contribution >= 0.6 is 0 Å². The van der Waals surface area contributed by atoms with Gasteiger partial charge in [0.2, 0.25) is 23.6 Å². The normalized spacial score (nSPS) is 16.8. The minimum Gasteiger partial charge on any atom is -0.391 e. The number of aliphatic hydroxyl groups excluding tert-OH is 2. The molecule has 2 saturated heterocycles. The van der Waals surface area contributed by atoms with E-state index in [1.165, 1.54) is 43.0 Å². The van der Waals surface area contributed by atoms with Crippen molar-refractivity contribution in [3.05, 3.63) is 70.8 Å². The van der Waals surface area contributed by atoms with Gasteiger partial charge in [-0.2, -0.15) is 13.2 Å². The van der Waals surface area contributed by atoms with E-state index in [2.05, 4.69) is 31.9 Å². The molecular formula is C70H107F3N8O16. The first-order valence-electron chi connectivity index (χ1n) is 34.4. The summed E-state index contributed by atoms with van der Waals surface area (Å²) in [6, 6.07) is 6.97. The fraction of sp³-hybridized carbons (Fsp3) is 0.686. The van der Waals surface area contributed by atoms with E-state index in [0.717, 1.165) is 6.42 Å². The van der Waals surface area contributed by atoms with Crippen molar-refractivity contribution in [2.45, 2.75) is 194 Å². The van der Waals surface area contributed by atoms with Gasteiger partial charge in [0.05, 0.1) is 57.8 Å². The lowest BCUT2D eigenvalue weighted by atomic mass is 9.87. The first-order chi connectivity index (χ1) is 46.0. The first-order valence-corrected chi connectivity index (χ1v) is 34.4. The number of urea groups is 1. The topological polar surface area (TPSA) is 327 Å². The average molecular weight is 1370 g/mol. The van der Waals surface area contributed by atoms with Crippen molar-refractivity contribution >= 4 is 58.8 Å². The highest BCUT2D eigenvalue weighted by atomic mass is 19.4. The number of alkyl halides is 3. The van der Waals surface area contributed by atoms with Gasteiger partial charge < -0.3 is 70.9 Å². The second-order valence-corrected chi connectivity index (χ2v) is 26.4. The number of Topliss-reactive ketones (excluding diaryl/α,β-unsaturated/α-hetero) is 3. The molecule has 8 N–H and O–H groups in total. The largest absolute Gasteiger partial charge is 0.416 e. The molecule has 0 bridgehead atoms. The van der Waals surface area contributed by atoms with Crippen molar-refractivity contribution < 1.29 is 90.3 Å². The van der Waals surface area contributed by atoms with Crippen LogP contribution in [0.15, 0.2) is 48.5 Å². The predicted octanol–water partition coefficient (Wildman–Crippen LogP) is 6.52. The Balaban J connectivity index is 0.947. The van der Waals surface area contributed by atoms with Gasteiger partial charge in [0.15, 0.2) is 17.7 Å². The number of carbonyl (C=O) groups is 10. The molecule has 8 amide bonds. The SMILES string of the molecule is CC(C)C(NC(=O)[C@@H]1CCCN1C(=O)[C@@H](CC(=O)c1ccc(C(=O)NCCOCCOCCCC(=O)CCCCCNC(=O)NCCOCCOCCCC(=O)c2ccc(C(=O)N[C@H](C(=O)N3CCC[C@H]3C(=O)NC(C(C)C)C(O)C(F)(F)F)C(C)C)cc2)cc1)C(C)C)C(C)O. The lowest BCUT2D eigenvalue weighted by Gasteiger charge is -2.33. The van der Waals surface area contributed by atoms with Gasteiger partial charge in [-0.25, -0.2) is 4.79 Å². The molecule has 4 rings (SSSR count). The number of nitrogens with one attached hydrogen (secondary N) is 6. The fourth-order valence-corrected chi connectivity index (χ4v) is 11.5. The molecule has 2 aliphatic heterocycles. The third kappa shape index (κ3) is 28.5. The number of amides is 8. The maximum absolute atomic E-state index is 13.8. The summed E-state index contributed by atoms with van der Waals surface area (Å²) in [6.45, 7) is 19.4. The van der Waals surface area contributed by atoms with E-state index in [1.54, 1.807) is 49.9 Å². The summed E-state index contributed by atoms with van der Waals surface area (Å²) < 4.78 is 62.3. The number of hydrogen-bond donors (Lipinski definition) is 8. The summed E-state index contributed by atoms with van der Waals surface area (Å²) in [4.78, 5) is 134. The molecule has 0 radical (unpaired) electrons. The van der Waals surface area contributed by atoms with Gasteiger partial charge in [0, 0.05) is 99.8 Å². The average Bonchev–Trinajstić information content (AvgIpc) is 1.76. The molecule has 2 aromatic rings. The molecule has 2 aromatic carbocycles. The lowest BCUT2D eigenvalue weighted by Crippen LogP contribution is -2.59. The number of nitrogens with zero attached hydrogens (tertiary/aromatic N) is 2. The van der Waals surface area contributed by atoms with Crippen LogP contribution < -0.4 is 31.9 Å². The summed E-state index contributed by atoms with van der Waals surface area (Å²) in [5.41, 5.74) is 1.29. The predicted molar refractivity (Wildman–Crippen MR) is 356 cm³/mol. The summed E-state index contributed by atoms with van der Waals surface area (Å²) in [6.07, 6.45) is -2.55. The third-order valence-electron chi connectivity index (χ3n) is 17.3. The van der Waals surface area contributed by atoms with Gasteiger partial charge in [-0.05, 0) is 106 Å². The minimum atomic E-state index is -4.96. The van der Waals surface area contributed by atoms with Gasteiger partial charge in [-0.1, -0.05) is 86.1 Å². The van der Waals surface area contributed by atoms with Crippen LogP contribution in [0.5, 0.6) is 0 Å². The van der Waals surface area contributed by atoms with E-state index in [-0.39, 0.29) is 124 Å². The van der Waals surface area contributed by atoms with Gasteiger partial charge >= 0.3 is 12.2 Å². The maximum Gasteiger partial charge on any atom is 0.416 e. The van der Waals surface area contributed by atoms with Crippen molar-refractivity contribution in [1.82, 2.24) is 41.7 Å². The monoisotopic (exact) mass is 1370 g/mol. The number of aliphatic hydroxyl groups is 2. The highest BCUT2D eigenvalue weighted by Crippen LogP contribution is 2.29. The Hall–Kier alpha value is -6.91. The van der Waals surface area contributed by atoms with Crippen molar-refractivity contribution in [3.63, 3.8) is 0 Å². The van der Waals surface area contributed by atoms with E-state index >= 15 is 0 Å². The summed E-state index contributed by atoms with van der Waals surface area (Å²) in [5, 5.41) is 36.3. The van der Waals surface area contributed by atoms with Crippen LogP contribution in [-0.4, -0.2) is 213 Å². The number of benzene rings is 2. The lowest BCUT2D eigenvalue weighted by molar-refractivity contribution is -0.215. The number of ether oxygens (including phenoxy) is 4. The molecule has 4 unspecified atom stereocenters. The van der Waals surface area contributed by atoms with Crippen LogP contribution in [0.2, 0.25) is 0 Å². The second-order valence-electron chi connectivity index (χ2n) is 26.4. The standard InChI is InChI=1S/C70H107F3N8O16/c1-44(2)54(67(91)80-33-13-19-55(80)65(89)77-59(45(3)4)48(9)82)43-58(85)50-24-26-51(27-25-50)63(87)74-31-37-96-41-39-94-35-15-18-53(83)17-11-10-12-30-75-69(93)76-32-38-97-42-40-95-36-16-21-57(84)49-22-28-52(29-23-49)64(88)79-61(47(7)8)68(92)81-34-14-20-56(81)66(90)78-60(46(5)6)62(86)70(71,72)73/h22-29,44-48,54-56,59-62,82,86H,10-21,30-43H2,1-9H3,(H,74,87)(H,77,89)(H,78,90)(H,79,88)(H2,75,76,93)/t48?,54-,55-,56-,59?,60?,61-,62?/m0/s1. The minimum absolute atomic E-state index is 0.00461. The van der Waals surface area contributed by atoms with Crippen molar-refractivity contribution in [2.24, 2.45) is 29.6 Å². The summed E-state index contributed by atoms with van der Waals surface area (Å²) in [5.74, 6) is -5.13.